The van der Waals surface area contributed by atoms with Crippen LogP contribution in [0, 0.1) is 0 Å². The van der Waals surface area contributed by atoms with Gasteiger partial charge < -0.3 is 9.52 Å². The molecule has 0 aliphatic carbocycles. The Balaban J connectivity index is 1.49. The fourth-order valence-electron chi connectivity index (χ4n) is 3.55. The number of phenolic OH excluding ortho intramolecular Hbond substituents is 1. The van der Waals surface area contributed by atoms with Gasteiger partial charge in [-0.25, -0.2) is 4.79 Å². The topological polar surface area (TPSA) is 62.8 Å². The highest BCUT2D eigenvalue weighted by Gasteiger charge is 2.08. The fraction of sp³-hybridized carbons (Fsp3) is 0. The van der Waals surface area contributed by atoms with Gasteiger partial charge in [-0.2, -0.15) is 0 Å². The number of benzene rings is 4. The van der Waals surface area contributed by atoms with Crippen molar-refractivity contribution in [2.24, 2.45) is 4.99 Å². The minimum absolute atomic E-state index is 0.183. The fourth-order valence-corrected chi connectivity index (χ4v) is 3.55. The van der Waals surface area contributed by atoms with Crippen molar-refractivity contribution < 1.29 is 9.52 Å². The van der Waals surface area contributed by atoms with E-state index in [1.54, 1.807) is 18.3 Å². The molecule has 5 rings (SSSR count). The number of nitrogens with zero attached hydrogens (tertiary/aromatic N) is 1. The minimum atomic E-state index is -0.370. The number of fused-ring (bicyclic) bond motifs is 2. The zero-order chi connectivity index (χ0) is 20.5. The molecule has 0 aliphatic heterocycles. The second-order valence-electron chi connectivity index (χ2n) is 7.01. The predicted octanol–water partition coefficient (Wildman–Crippen LogP) is 6.07. The molecular formula is C26H17NO3. The maximum atomic E-state index is 12.4. The van der Waals surface area contributed by atoms with Crippen molar-refractivity contribution in [1.82, 2.24) is 0 Å². The summed E-state index contributed by atoms with van der Waals surface area (Å²) in [7, 11) is 0. The minimum Gasteiger partial charge on any atom is -0.507 e. The third kappa shape index (κ3) is 3.25. The Kier molecular flexibility index (Phi) is 4.37. The van der Waals surface area contributed by atoms with Crippen LogP contribution in [0.5, 0.6) is 5.75 Å². The van der Waals surface area contributed by atoms with Crippen molar-refractivity contribution >= 4 is 33.6 Å². The van der Waals surface area contributed by atoms with Gasteiger partial charge in [0.15, 0.2) is 0 Å². The van der Waals surface area contributed by atoms with E-state index in [-0.39, 0.29) is 11.4 Å². The lowest BCUT2D eigenvalue weighted by molar-refractivity contribution is 0.475. The highest BCUT2D eigenvalue weighted by molar-refractivity contribution is 6.03. The van der Waals surface area contributed by atoms with Crippen LogP contribution in [-0.2, 0) is 0 Å². The Morgan fingerprint density at radius 1 is 0.800 bits per heavy atom. The van der Waals surface area contributed by atoms with Gasteiger partial charge in [0.05, 0.1) is 11.3 Å². The van der Waals surface area contributed by atoms with Crippen LogP contribution in [-0.4, -0.2) is 11.3 Å². The second kappa shape index (κ2) is 7.33. The number of aliphatic imine (C=N–C) groups is 1. The number of hydrogen-bond acceptors (Lipinski definition) is 4. The van der Waals surface area contributed by atoms with Gasteiger partial charge in [-0.15, -0.1) is 0 Å². The van der Waals surface area contributed by atoms with E-state index < -0.39 is 0 Å². The van der Waals surface area contributed by atoms with Crippen LogP contribution in [0.2, 0.25) is 0 Å². The molecule has 4 nitrogen and oxygen atoms in total. The summed E-state index contributed by atoms with van der Waals surface area (Å²) in [4.78, 5) is 16.9. The zero-order valence-electron chi connectivity index (χ0n) is 15.9. The summed E-state index contributed by atoms with van der Waals surface area (Å²) in [5, 5.41) is 13.1. The number of hydrogen-bond donors (Lipinski definition) is 1. The summed E-state index contributed by atoms with van der Waals surface area (Å²) in [6, 6.07) is 28.0. The highest BCUT2D eigenvalue weighted by Crippen LogP contribution is 2.27. The summed E-state index contributed by atoms with van der Waals surface area (Å²) in [6.45, 7) is 0. The van der Waals surface area contributed by atoms with Crippen molar-refractivity contribution in [2.75, 3.05) is 0 Å². The lowest BCUT2D eigenvalue weighted by Crippen LogP contribution is -2.02. The third-order valence-electron chi connectivity index (χ3n) is 5.11. The Bertz CT molecular complexity index is 1460. The molecule has 4 heteroatoms. The van der Waals surface area contributed by atoms with Crippen molar-refractivity contribution in [3.05, 3.63) is 107 Å². The number of rotatable bonds is 3. The molecule has 30 heavy (non-hydrogen) atoms. The quantitative estimate of drug-likeness (QED) is 0.300. The lowest BCUT2D eigenvalue weighted by Gasteiger charge is -2.05. The number of para-hydroxylation sites is 1. The Morgan fingerprint density at radius 3 is 2.37 bits per heavy atom. The molecule has 1 N–H and O–H groups in total. The second-order valence-corrected chi connectivity index (χ2v) is 7.01. The molecule has 0 atom stereocenters. The molecule has 0 bridgehead atoms. The van der Waals surface area contributed by atoms with E-state index in [1.807, 2.05) is 78.9 Å². The molecule has 0 saturated heterocycles. The Morgan fingerprint density at radius 2 is 1.53 bits per heavy atom. The standard InChI is InChI=1S/C26H17NO3/c28-24-14-11-17-5-1-3-7-21(17)23(24)16-27-20-12-9-18(10-13-20)22-15-19-6-2-4-8-25(19)30-26(22)29/h1-16,28H. The van der Waals surface area contributed by atoms with Crippen LogP contribution in [0.15, 0.2) is 105 Å². The molecule has 4 aromatic carbocycles. The van der Waals surface area contributed by atoms with Gasteiger partial charge in [0.25, 0.3) is 0 Å². The van der Waals surface area contributed by atoms with Crippen molar-refractivity contribution in [2.45, 2.75) is 0 Å². The van der Waals surface area contributed by atoms with Crippen LogP contribution in [0.1, 0.15) is 5.56 Å². The first-order valence-corrected chi connectivity index (χ1v) is 9.57. The molecule has 1 heterocycles. The molecule has 0 fully saturated rings. The normalized spacial score (nSPS) is 11.5. The maximum Gasteiger partial charge on any atom is 0.344 e. The summed E-state index contributed by atoms with van der Waals surface area (Å²) in [6.07, 6.45) is 1.66. The summed E-state index contributed by atoms with van der Waals surface area (Å²) in [5.41, 5.74) is 2.87. The van der Waals surface area contributed by atoms with Gasteiger partial charge in [0.2, 0.25) is 0 Å². The summed E-state index contributed by atoms with van der Waals surface area (Å²) in [5.74, 6) is 0.183. The van der Waals surface area contributed by atoms with Crippen LogP contribution in [0.3, 0.4) is 0 Å². The molecule has 0 amide bonds. The van der Waals surface area contributed by atoms with Crippen molar-refractivity contribution in [3.63, 3.8) is 0 Å². The van der Waals surface area contributed by atoms with E-state index in [9.17, 15) is 9.90 Å². The van der Waals surface area contributed by atoms with E-state index in [2.05, 4.69) is 4.99 Å². The van der Waals surface area contributed by atoms with Crippen LogP contribution in [0.4, 0.5) is 5.69 Å². The van der Waals surface area contributed by atoms with E-state index >= 15 is 0 Å². The predicted molar refractivity (Wildman–Crippen MR) is 121 cm³/mol. The maximum absolute atomic E-state index is 12.4. The van der Waals surface area contributed by atoms with E-state index in [0.29, 0.717) is 16.7 Å². The number of aromatic hydroxyl groups is 1. The first kappa shape index (κ1) is 17.9. The van der Waals surface area contributed by atoms with E-state index in [4.69, 9.17) is 4.42 Å². The van der Waals surface area contributed by atoms with Crippen LogP contribution < -0.4 is 5.63 Å². The lowest BCUT2D eigenvalue weighted by atomic mass is 10.0. The van der Waals surface area contributed by atoms with E-state index in [1.165, 1.54) is 0 Å². The average Bonchev–Trinajstić information content (AvgIpc) is 2.78. The monoisotopic (exact) mass is 391 g/mol. The molecule has 5 aromatic rings. The molecule has 0 aliphatic rings. The molecule has 0 radical (unpaired) electrons. The van der Waals surface area contributed by atoms with Gasteiger partial charge in [-0.05, 0) is 46.7 Å². The summed E-state index contributed by atoms with van der Waals surface area (Å²) >= 11 is 0. The Hall–Kier alpha value is -4.18. The molecule has 0 spiro atoms. The van der Waals surface area contributed by atoms with Crippen LogP contribution >= 0.6 is 0 Å². The highest BCUT2D eigenvalue weighted by atomic mass is 16.4. The molecule has 144 valence electrons. The molecular weight excluding hydrogens is 374 g/mol. The molecule has 0 unspecified atom stereocenters. The molecule has 1 aromatic heterocycles. The van der Waals surface area contributed by atoms with Crippen molar-refractivity contribution in [3.8, 4) is 16.9 Å². The zero-order valence-corrected chi connectivity index (χ0v) is 15.9. The SMILES string of the molecule is O=c1oc2ccccc2cc1-c1ccc(N=Cc2c(O)ccc3ccccc23)cc1. The summed E-state index contributed by atoms with van der Waals surface area (Å²) < 4.78 is 5.42. The first-order valence-electron chi connectivity index (χ1n) is 9.57. The average molecular weight is 391 g/mol. The largest absolute Gasteiger partial charge is 0.507 e. The smallest absolute Gasteiger partial charge is 0.344 e. The van der Waals surface area contributed by atoms with Gasteiger partial charge in [0.1, 0.15) is 11.3 Å². The van der Waals surface area contributed by atoms with Crippen molar-refractivity contribution in [1.29, 1.82) is 0 Å². The first-order chi connectivity index (χ1) is 14.7. The van der Waals surface area contributed by atoms with Crippen LogP contribution in [0.25, 0.3) is 32.9 Å². The molecule has 0 saturated carbocycles. The van der Waals surface area contributed by atoms with Gasteiger partial charge >= 0.3 is 5.63 Å². The van der Waals surface area contributed by atoms with Gasteiger partial charge in [-0.1, -0.05) is 60.7 Å². The van der Waals surface area contributed by atoms with E-state index in [0.717, 1.165) is 27.4 Å². The van der Waals surface area contributed by atoms with Gasteiger partial charge in [0, 0.05) is 17.2 Å². The number of phenols is 1. The third-order valence-corrected chi connectivity index (χ3v) is 5.11. The van der Waals surface area contributed by atoms with Gasteiger partial charge in [-0.3, -0.25) is 4.99 Å². The Labute approximate surface area is 172 Å².